The van der Waals surface area contributed by atoms with E-state index in [-0.39, 0.29) is 12.3 Å². The molecule has 0 radical (unpaired) electrons. The molecule has 2 nitrogen and oxygen atoms in total. The highest BCUT2D eigenvalue weighted by Crippen LogP contribution is 2.23. The van der Waals surface area contributed by atoms with Gasteiger partial charge in [0.05, 0.1) is 0 Å². The van der Waals surface area contributed by atoms with Crippen molar-refractivity contribution >= 4 is 11.6 Å². The van der Waals surface area contributed by atoms with Crippen molar-refractivity contribution in [1.82, 2.24) is 0 Å². The minimum Gasteiger partial charge on any atom is -0.508 e. The Morgan fingerprint density at radius 1 is 1.50 bits per heavy atom. The lowest BCUT2D eigenvalue weighted by molar-refractivity contribution is 0.468. The van der Waals surface area contributed by atoms with Gasteiger partial charge in [-0.05, 0) is 12.1 Å². The van der Waals surface area contributed by atoms with Crippen molar-refractivity contribution in [3.8, 4) is 5.75 Å². The second-order valence-corrected chi connectivity index (χ2v) is 2.35. The Morgan fingerprint density at radius 2 is 2.20 bits per heavy atom. The first-order chi connectivity index (χ1) is 4.75. The molecule has 0 spiro atoms. The van der Waals surface area contributed by atoms with Gasteiger partial charge in [-0.15, -0.1) is 0 Å². The maximum atomic E-state index is 9.13. The highest BCUT2D eigenvalue weighted by molar-refractivity contribution is 6.31. The second kappa shape index (κ2) is 2.90. The monoisotopic (exact) mass is 157 g/mol. The van der Waals surface area contributed by atoms with E-state index in [9.17, 15) is 0 Å². The number of halogens is 1. The molecule has 10 heavy (non-hydrogen) atoms. The van der Waals surface area contributed by atoms with E-state index in [1.165, 1.54) is 0 Å². The van der Waals surface area contributed by atoms with Crippen molar-refractivity contribution in [1.29, 1.82) is 0 Å². The molecule has 0 aromatic heterocycles. The summed E-state index contributed by atoms with van der Waals surface area (Å²) in [4.78, 5) is 0. The van der Waals surface area contributed by atoms with Gasteiger partial charge in [0.25, 0.3) is 0 Å². The molecular weight excluding hydrogens is 150 g/mol. The Bertz CT molecular complexity index is 217. The topological polar surface area (TPSA) is 46.2 Å². The third kappa shape index (κ3) is 1.23. The zero-order valence-corrected chi connectivity index (χ0v) is 6.10. The molecule has 0 heterocycles. The van der Waals surface area contributed by atoms with E-state index in [0.29, 0.717) is 10.6 Å². The summed E-state index contributed by atoms with van der Waals surface area (Å²) < 4.78 is 0. The van der Waals surface area contributed by atoms with Crippen molar-refractivity contribution in [3.05, 3.63) is 28.8 Å². The zero-order chi connectivity index (χ0) is 7.56. The average Bonchev–Trinajstić information content (AvgIpc) is 1.88. The van der Waals surface area contributed by atoms with Gasteiger partial charge in [-0.1, -0.05) is 17.7 Å². The molecule has 3 N–H and O–H groups in total. The van der Waals surface area contributed by atoms with Gasteiger partial charge in [0.15, 0.2) is 0 Å². The molecular formula is C7H8ClNO. The van der Waals surface area contributed by atoms with Gasteiger partial charge < -0.3 is 10.8 Å². The molecule has 0 aliphatic rings. The quantitative estimate of drug-likeness (QED) is 0.649. The van der Waals surface area contributed by atoms with Crippen LogP contribution in [0, 0.1) is 0 Å². The maximum Gasteiger partial charge on any atom is 0.121 e. The third-order valence-corrected chi connectivity index (χ3v) is 1.65. The normalized spacial score (nSPS) is 9.80. The van der Waals surface area contributed by atoms with Crippen LogP contribution in [0.1, 0.15) is 5.56 Å². The summed E-state index contributed by atoms with van der Waals surface area (Å²) in [5.41, 5.74) is 5.91. The molecule has 1 rings (SSSR count). The molecule has 0 saturated carbocycles. The molecule has 0 amide bonds. The van der Waals surface area contributed by atoms with Crippen molar-refractivity contribution in [2.24, 2.45) is 5.73 Å². The minimum atomic E-state index is 0.162. The van der Waals surface area contributed by atoms with Gasteiger partial charge in [0.2, 0.25) is 0 Å². The summed E-state index contributed by atoms with van der Waals surface area (Å²) >= 11 is 5.69. The summed E-state index contributed by atoms with van der Waals surface area (Å²) in [6.07, 6.45) is 0. The van der Waals surface area contributed by atoms with Crippen LogP contribution in [0.2, 0.25) is 5.02 Å². The summed E-state index contributed by atoms with van der Waals surface area (Å²) in [5, 5.41) is 9.64. The van der Waals surface area contributed by atoms with Crippen molar-refractivity contribution < 1.29 is 5.11 Å². The molecule has 0 fully saturated rings. The van der Waals surface area contributed by atoms with Crippen molar-refractivity contribution in [3.63, 3.8) is 0 Å². The predicted octanol–water partition coefficient (Wildman–Crippen LogP) is 1.50. The Labute approximate surface area is 64.2 Å². The first-order valence-electron chi connectivity index (χ1n) is 2.92. The van der Waals surface area contributed by atoms with Gasteiger partial charge in [-0.2, -0.15) is 0 Å². The molecule has 0 aliphatic heterocycles. The van der Waals surface area contributed by atoms with Crippen LogP contribution in [-0.2, 0) is 6.54 Å². The third-order valence-electron chi connectivity index (χ3n) is 1.30. The number of benzene rings is 1. The van der Waals surface area contributed by atoms with Crippen LogP contribution in [0.4, 0.5) is 0 Å². The number of phenols is 1. The molecule has 0 bridgehead atoms. The fourth-order valence-corrected chi connectivity index (χ4v) is 0.996. The molecule has 0 aliphatic carbocycles. The first-order valence-corrected chi connectivity index (χ1v) is 3.30. The summed E-state index contributed by atoms with van der Waals surface area (Å²) in [6.45, 7) is 0.269. The van der Waals surface area contributed by atoms with Crippen LogP contribution in [0.5, 0.6) is 5.75 Å². The van der Waals surface area contributed by atoms with E-state index >= 15 is 0 Å². The molecule has 1 aromatic carbocycles. The van der Waals surface area contributed by atoms with E-state index in [1.54, 1.807) is 18.2 Å². The summed E-state index contributed by atoms with van der Waals surface area (Å²) in [7, 11) is 0. The van der Waals surface area contributed by atoms with E-state index in [2.05, 4.69) is 0 Å². The number of phenolic OH excluding ortho intramolecular Hbond substituents is 1. The maximum absolute atomic E-state index is 9.13. The number of nitrogens with two attached hydrogens (primary N) is 1. The fourth-order valence-electron chi connectivity index (χ4n) is 0.749. The lowest BCUT2D eigenvalue weighted by Crippen LogP contribution is -1.96. The largest absolute Gasteiger partial charge is 0.508 e. The highest BCUT2D eigenvalue weighted by Gasteiger charge is 2.01. The van der Waals surface area contributed by atoms with Crippen molar-refractivity contribution in [2.75, 3.05) is 0 Å². The second-order valence-electron chi connectivity index (χ2n) is 1.94. The van der Waals surface area contributed by atoms with Gasteiger partial charge >= 0.3 is 0 Å². The van der Waals surface area contributed by atoms with Crippen LogP contribution >= 0.6 is 11.6 Å². The Morgan fingerprint density at radius 3 is 2.60 bits per heavy atom. The van der Waals surface area contributed by atoms with Gasteiger partial charge in [-0.3, -0.25) is 0 Å². The summed E-state index contributed by atoms with van der Waals surface area (Å²) in [5.74, 6) is 0.162. The number of rotatable bonds is 1. The van der Waals surface area contributed by atoms with E-state index < -0.39 is 0 Å². The number of hydrogen-bond donors (Lipinski definition) is 2. The van der Waals surface area contributed by atoms with Crippen LogP contribution in [0.3, 0.4) is 0 Å². The Hall–Kier alpha value is -0.730. The van der Waals surface area contributed by atoms with Crippen LogP contribution < -0.4 is 5.73 Å². The molecule has 0 atom stereocenters. The predicted molar refractivity (Wildman–Crippen MR) is 41.0 cm³/mol. The Balaban J connectivity index is 3.17. The molecule has 3 heteroatoms. The van der Waals surface area contributed by atoms with Gasteiger partial charge in [0, 0.05) is 17.1 Å². The number of aromatic hydroxyl groups is 1. The molecule has 1 aromatic rings. The lowest BCUT2D eigenvalue weighted by Gasteiger charge is -2.01. The first kappa shape index (κ1) is 7.38. The van der Waals surface area contributed by atoms with E-state index in [4.69, 9.17) is 22.4 Å². The van der Waals surface area contributed by atoms with Crippen LogP contribution in [0.25, 0.3) is 0 Å². The SMILES string of the molecule is NCc1c(O)cccc1Cl. The fraction of sp³-hybridized carbons (Fsp3) is 0.143. The van der Waals surface area contributed by atoms with Crippen LogP contribution in [-0.4, -0.2) is 5.11 Å². The minimum absolute atomic E-state index is 0.162. The van der Waals surface area contributed by atoms with E-state index in [0.717, 1.165) is 0 Å². The lowest BCUT2D eigenvalue weighted by atomic mass is 10.2. The Kier molecular flexibility index (Phi) is 2.14. The van der Waals surface area contributed by atoms with Crippen molar-refractivity contribution in [2.45, 2.75) is 6.54 Å². The van der Waals surface area contributed by atoms with Gasteiger partial charge in [0.1, 0.15) is 5.75 Å². The highest BCUT2D eigenvalue weighted by atomic mass is 35.5. The molecule has 0 saturated heterocycles. The van der Waals surface area contributed by atoms with Gasteiger partial charge in [-0.25, -0.2) is 0 Å². The molecule has 54 valence electrons. The van der Waals surface area contributed by atoms with Crippen LogP contribution in [0.15, 0.2) is 18.2 Å². The molecule has 0 unspecified atom stereocenters. The number of hydrogen-bond acceptors (Lipinski definition) is 2. The standard InChI is InChI=1S/C7H8ClNO/c8-6-2-1-3-7(10)5(6)4-9/h1-3,10H,4,9H2. The summed E-state index contributed by atoms with van der Waals surface area (Å²) in [6, 6.07) is 4.94. The zero-order valence-electron chi connectivity index (χ0n) is 5.34. The smallest absolute Gasteiger partial charge is 0.121 e. The average molecular weight is 158 g/mol. The van der Waals surface area contributed by atoms with E-state index in [1.807, 2.05) is 0 Å².